The van der Waals surface area contributed by atoms with Gasteiger partial charge in [-0.2, -0.15) is 0 Å². The summed E-state index contributed by atoms with van der Waals surface area (Å²) in [5.41, 5.74) is 1.82. The zero-order chi connectivity index (χ0) is 21.4. The van der Waals surface area contributed by atoms with Crippen molar-refractivity contribution in [2.45, 2.75) is 39.7 Å². The second-order valence-corrected chi connectivity index (χ2v) is 7.68. The van der Waals surface area contributed by atoms with Gasteiger partial charge in [-0.15, -0.1) is 35.3 Å². The summed E-state index contributed by atoms with van der Waals surface area (Å²) in [5.74, 6) is 1.46. The highest BCUT2D eigenvalue weighted by Gasteiger charge is 2.20. The van der Waals surface area contributed by atoms with Crippen LogP contribution in [0, 0.1) is 6.92 Å². The average Bonchev–Trinajstić information content (AvgIpc) is 3.12. The van der Waals surface area contributed by atoms with Gasteiger partial charge in [0.2, 0.25) is 0 Å². The molecule has 2 unspecified atom stereocenters. The number of aliphatic imine (C=N–C) groups is 1. The number of nitrogens with one attached hydrogen (secondary N) is 2. The van der Waals surface area contributed by atoms with Gasteiger partial charge in [-0.05, 0) is 32.4 Å². The molecule has 0 saturated heterocycles. The van der Waals surface area contributed by atoms with Crippen LogP contribution in [0.25, 0.3) is 0 Å². The average molecular weight is 546 g/mol. The predicted molar refractivity (Wildman–Crippen MR) is 133 cm³/mol. The first-order valence-corrected chi connectivity index (χ1v) is 10.5. The number of hydrogen-bond acceptors (Lipinski definition) is 6. The summed E-state index contributed by atoms with van der Waals surface area (Å²) in [4.78, 5) is 21.4. The minimum atomic E-state index is -0.325. The molecule has 0 amide bonds. The molecule has 0 aliphatic heterocycles. The molecule has 9 heteroatoms. The number of ether oxygens (including phenoxy) is 2. The first kappa shape index (κ1) is 26.2. The number of benzene rings is 1. The number of carbonyl (C=O) groups is 1. The fourth-order valence-corrected chi connectivity index (χ4v) is 3.85. The van der Waals surface area contributed by atoms with E-state index in [2.05, 4.69) is 33.6 Å². The number of aryl methyl sites for hydroxylation is 1. The molecular formula is C21H31IN4O3S. The maximum atomic E-state index is 12.0. The number of halogens is 1. The van der Waals surface area contributed by atoms with Gasteiger partial charge in [-0.3, -0.25) is 4.99 Å². The zero-order valence-electron chi connectivity index (χ0n) is 18.3. The molecule has 1 heterocycles. The van der Waals surface area contributed by atoms with Crippen LogP contribution in [0.5, 0.6) is 5.75 Å². The summed E-state index contributed by atoms with van der Waals surface area (Å²) in [5, 5.41) is 7.50. The number of thiazole rings is 1. The summed E-state index contributed by atoms with van der Waals surface area (Å²) >= 11 is 1.35. The van der Waals surface area contributed by atoms with Crippen LogP contribution in [-0.4, -0.2) is 44.2 Å². The van der Waals surface area contributed by atoms with E-state index >= 15 is 0 Å². The third-order valence-electron chi connectivity index (χ3n) is 4.47. The second kappa shape index (κ2) is 12.7. The lowest BCUT2D eigenvalue weighted by Gasteiger charge is -2.20. The van der Waals surface area contributed by atoms with E-state index in [1.54, 1.807) is 21.1 Å². The normalized spacial score (nSPS) is 13.1. The topological polar surface area (TPSA) is 84.8 Å². The molecule has 0 bridgehead atoms. The molecule has 0 radical (unpaired) electrons. The maximum Gasteiger partial charge on any atom is 0.350 e. The van der Waals surface area contributed by atoms with Crippen molar-refractivity contribution in [1.82, 2.24) is 15.6 Å². The van der Waals surface area contributed by atoms with Crippen LogP contribution in [-0.2, 0) is 4.74 Å². The van der Waals surface area contributed by atoms with E-state index in [4.69, 9.17) is 9.47 Å². The largest absolute Gasteiger partial charge is 0.496 e. The SMILES string of the molecule is CCOC(=O)c1sc(C(C)NC(=NC)NCC(C)c2ccccc2OC)nc1C.I. The zero-order valence-corrected chi connectivity index (χ0v) is 21.5. The Balaban J connectivity index is 0.00000450. The number of guanidine groups is 1. The number of carbonyl (C=O) groups excluding carboxylic acids is 1. The molecule has 1 aromatic heterocycles. The van der Waals surface area contributed by atoms with Gasteiger partial charge in [-0.25, -0.2) is 9.78 Å². The smallest absolute Gasteiger partial charge is 0.350 e. The molecule has 2 N–H and O–H groups in total. The molecule has 0 fully saturated rings. The molecule has 0 aliphatic rings. The third-order valence-corrected chi connectivity index (χ3v) is 5.79. The van der Waals surface area contributed by atoms with Gasteiger partial charge >= 0.3 is 5.97 Å². The number of esters is 1. The molecule has 30 heavy (non-hydrogen) atoms. The summed E-state index contributed by atoms with van der Waals surface area (Å²) in [6.07, 6.45) is 0. The quantitative estimate of drug-likeness (QED) is 0.223. The maximum absolute atomic E-state index is 12.0. The Morgan fingerprint density at radius 3 is 2.63 bits per heavy atom. The molecule has 2 aromatic rings. The summed E-state index contributed by atoms with van der Waals surface area (Å²) in [6.45, 7) is 8.78. The van der Waals surface area contributed by atoms with E-state index in [0.717, 1.165) is 16.3 Å². The van der Waals surface area contributed by atoms with Crippen LogP contribution in [0.15, 0.2) is 29.3 Å². The standard InChI is InChI=1S/C21H30N4O3S.HI/c1-7-28-20(26)18-14(3)24-19(29-18)15(4)25-21(22-5)23-12-13(2)16-10-8-9-11-17(16)27-6;/h8-11,13,15H,7,12H2,1-6H3,(H2,22,23,25);1H. The monoisotopic (exact) mass is 546 g/mol. The first-order valence-electron chi connectivity index (χ1n) is 9.65. The fourth-order valence-electron chi connectivity index (χ4n) is 2.88. The molecular weight excluding hydrogens is 515 g/mol. The number of methoxy groups -OCH3 is 1. The minimum Gasteiger partial charge on any atom is -0.496 e. The number of para-hydroxylation sites is 1. The van der Waals surface area contributed by atoms with Crippen molar-refractivity contribution < 1.29 is 14.3 Å². The van der Waals surface area contributed by atoms with Crippen molar-refractivity contribution in [3.05, 3.63) is 45.4 Å². The number of hydrogen-bond donors (Lipinski definition) is 2. The fraction of sp³-hybridized carbons (Fsp3) is 0.476. The molecule has 0 saturated carbocycles. The van der Waals surface area contributed by atoms with Crippen LogP contribution in [0.1, 0.15) is 58.7 Å². The van der Waals surface area contributed by atoms with Crippen molar-refractivity contribution in [2.24, 2.45) is 4.99 Å². The van der Waals surface area contributed by atoms with E-state index in [1.165, 1.54) is 11.3 Å². The highest BCUT2D eigenvalue weighted by atomic mass is 127. The molecule has 166 valence electrons. The molecule has 7 nitrogen and oxygen atoms in total. The third kappa shape index (κ3) is 6.83. The first-order chi connectivity index (χ1) is 13.9. The van der Waals surface area contributed by atoms with E-state index in [1.807, 2.05) is 32.0 Å². The van der Waals surface area contributed by atoms with Gasteiger partial charge < -0.3 is 20.1 Å². The Labute approximate surface area is 199 Å². The van der Waals surface area contributed by atoms with Gasteiger partial charge in [0.05, 0.1) is 25.5 Å². The van der Waals surface area contributed by atoms with Crippen molar-refractivity contribution in [3.63, 3.8) is 0 Å². The van der Waals surface area contributed by atoms with Gasteiger partial charge in [0.15, 0.2) is 5.96 Å². The molecule has 0 aliphatic carbocycles. The molecule has 0 spiro atoms. The van der Waals surface area contributed by atoms with E-state index < -0.39 is 0 Å². The Kier molecular flexibility index (Phi) is 11.1. The van der Waals surface area contributed by atoms with E-state index in [0.29, 0.717) is 29.7 Å². The highest BCUT2D eigenvalue weighted by molar-refractivity contribution is 14.0. The van der Waals surface area contributed by atoms with Gasteiger partial charge in [-0.1, -0.05) is 25.1 Å². The summed E-state index contributed by atoms with van der Waals surface area (Å²) < 4.78 is 10.5. The van der Waals surface area contributed by atoms with Crippen molar-refractivity contribution >= 4 is 47.2 Å². The van der Waals surface area contributed by atoms with Crippen LogP contribution in [0.3, 0.4) is 0 Å². The van der Waals surface area contributed by atoms with Gasteiger partial charge in [0.1, 0.15) is 15.6 Å². The summed E-state index contributed by atoms with van der Waals surface area (Å²) in [7, 11) is 3.41. The number of nitrogens with zero attached hydrogens (tertiary/aromatic N) is 2. The van der Waals surface area contributed by atoms with Crippen molar-refractivity contribution in [3.8, 4) is 5.75 Å². The van der Waals surface area contributed by atoms with Crippen LogP contribution >= 0.6 is 35.3 Å². The Morgan fingerprint density at radius 2 is 2.00 bits per heavy atom. The predicted octanol–water partition coefficient (Wildman–Crippen LogP) is 4.28. The van der Waals surface area contributed by atoms with Crippen LogP contribution < -0.4 is 15.4 Å². The minimum absolute atomic E-state index is 0. The van der Waals surface area contributed by atoms with E-state index in [-0.39, 0.29) is 41.9 Å². The molecule has 2 atom stereocenters. The Bertz CT molecular complexity index is 857. The molecule has 1 aromatic carbocycles. The lowest BCUT2D eigenvalue weighted by atomic mass is 10.0. The Hall–Kier alpha value is -1.88. The van der Waals surface area contributed by atoms with Crippen molar-refractivity contribution in [2.75, 3.05) is 27.3 Å². The second-order valence-electron chi connectivity index (χ2n) is 6.65. The number of rotatable bonds is 8. The van der Waals surface area contributed by atoms with Crippen molar-refractivity contribution in [1.29, 1.82) is 0 Å². The Morgan fingerprint density at radius 1 is 1.30 bits per heavy atom. The highest BCUT2D eigenvalue weighted by Crippen LogP contribution is 2.26. The number of aromatic nitrogens is 1. The summed E-state index contributed by atoms with van der Waals surface area (Å²) in [6, 6.07) is 7.90. The molecule has 2 rings (SSSR count). The van der Waals surface area contributed by atoms with Gasteiger partial charge in [0, 0.05) is 19.5 Å². The lowest BCUT2D eigenvalue weighted by Crippen LogP contribution is -2.40. The van der Waals surface area contributed by atoms with Crippen LogP contribution in [0.2, 0.25) is 0 Å². The van der Waals surface area contributed by atoms with E-state index in [9.17, 15) is 4.79 Å². The van der Waals surface area contributed by atoms with Crippen LogP contribution in [0.4, 0.5) is 0 Å². The van der Waals surface area contributed by atoms with Gasteiger partial charge in [0.25, 0.3) is 0 Å². The lowest BCUT2D eigenvalue weighted by molar-refractivity contribution is 0.0531.